The first-order chi connectivity index (χ1) is 10.5. The third-order valence-electron chi connectivity index (χ3n) is 3.04. The maximum atomic E-state index is 12.2. The molecule has 4 nitrogen and oxygen atoms in total. The van der Waals surface area contributed by atoms with Crippen molar-refractivity contribution in [3.63, 3.8) is 0 Å². The van der Waals surface area contributed by atoms with Gasteiger partial charge in [-0.05, 0) is 48.5 Å². The average Bonchev–Trinajstić information content (AvgIpc) is 2.49. The molecule has 22 heavy (non-hydrogen) atoms. The molecule has 3 aromatic rings. The number of benzene rings is 2. The van der Waals surface area contributed by atoms with Gasteiger partial charge in [-0.2, -0.15) is 0 Å². The molecule has 6 heteroatoms. The molecule has 3 rings (SSSR count). The molecule has 0 bridgehead atoms. The predicted molar refractivity (Wildman–Crippen MR) is 86.9 cm³/mol. The third-order valence-corrected chi connectivity index (χ3v) is 3.53. The smallest absolute Gasteiger partial charge is 0.349 e. The molecule has 0 fully saturated rings. The van der Waals surface area contributed by atoms with E-state index in [0.717, 1.165) is 0 Å². The molecule has 1 amide bonds. The first-order valence-electron chi connectivity index (χ1n) is 6.33. The lowest BCUT2D eigenvalue weighted by molar-refractivity contribution is 0.102. The highest BCUT2D eigenvalue weighted by atomic mass is 35.5. The molecule has 2 aromatic carbocycles. The second-order valence-corrected chi connectivity index (χ2v) is 5.46. The van der Waals surface area contributed by atoms with Crippen LogP contribution in [0, 0.1) is 0 Å². The highest BCUT2D eigenvalue weighted by Gasteiger charge is 2.14. The van der Waals surface area contributed by atoms with Gasteiger partial charge in [0.05, 0.1) is 0 Å². The van der Waals surface area contributed by atoms with Crippen molar-refractivity contribution < 1.29 is 9.21 Å². The summed E-state index contributed by atoms with van der Waals surface area (Å²) in [6.07, 6.45) is 0. The number of carbonyl (C=O) groups excluding carboxylic acids is 1. The van der Waals surface area contributed by atoms with Crippen LogP contribution in [-0.2, 0) is 0 Å². The molecular formula is C16H9Cl2NO3. The van der Waals surface area contributed by atoms with Gasteiger partial charge in [-0.3, -0.25) is 4.79 Å². The minimum Gasteiger partial charge on any atom is -0.422 e. The van der Waals surface area contributed by atoms with Gasteiger partial charge < -0.3 is 9.73 Å². The van der Waals surface area contributed by atoms with Crippen molar-refractivity contribution in [1.29, 1.82) is 0 Å². The standard InChI is InChI=1S/C16H9Cl2NO3/c17-10-1-4-12(5-2-10)19-15(20)13-8-9-7-11(18)3-6-14(9)22-16(13)21/h1-8H,(H,19,20). The molecule has 0 aliphatic rings. The first kappa shape index (κ1) is 14.6. The van der Waals surface area contributed by atoms with E-state index in [4.69, 9.17) is 27.6 Å². The van der Waals surface area contributed by atoms with Crippen LogP contribution in [0.5, 0.6) is 0 Å². The fourth-order valence-electron chi connectivity index (χ4n) is 1.98. The Morgan fingerprint density at radius 1 is 0.955 bits per heavy atom. The molecule has 0 aliphatic carbocycles. The summed E-state index contributed by atoms with van der Waals surface area (Å²) in [5.74, 6) is -0.557. The second-order valence-electron chi connectivity index (χ2n) is 4.59. The van der Waals surface area contributed by atoms with E-state index in [1.54, 1.807) is 42.5 Å². The molecule has 1 heterocycles. The number of halogens is 2. The Hall–Kier alpha value is -2.30. The van der Waals surface area contributed by atoms with Gasteiger partial charge in [-0.1, -0.05) is 23.2 Å². The summed E-state index contributed by atoms with van der Waals surface area (Å²) in [5.41, 5.74) is 0.100. The van der Waals surface area contributed by atoms with Crippen molar-refractivity contribution in [2.45, 2.75) is 0 Å². The van der Waals surface area contributed by atoms with Crippen molar-refractivity contribution in [3.8, 4) is 0 Å². The van der Waals surface area contributed by atoms with E-state index in [0.29, 0.717) is 26.7 Å². The SMILES string of the molecule is O=C(Nc1ccc(Cl)cc1)c1cc2cc(Cl)ccc2oc1=O. The monoisotopic (exact) mass is 333 g/mol. The van der Waals surface area contributed by atoms with E-state index in [-0.39, 0.29) is 5.56 Å². The molecule has 0 saturated heterocycles. The Morgan fingerprint density at radius 2 is 1.64 bits per heavy atom. The normalized spacial score (nSPS) is 10.6. The van der Waals surface area contributed by atoms with Gasteiger partial charge in [-0.25, -0.2) is 4.79 Å². The number of carbonyl (C=O) groups is 1. The van der Waals surface area contributed by atoms with Crippen LogP contribution in [0.25, 0.3) is 11.0 Å². The highest BCUT2D eigenvalue weighted by molar-refractivity contribution is 6.31. The van der Waals surface area contributed by atoms with Crippen LogP contribution >= 0.6 is 23.2 Å². The maximum Gasteiger partial charge on any atom is 0.349 e. The summed E-state index contributed by atoms with van der Waals surface area (Å²) in [6, 6.07) is 12.8. The van der Waals surface area contributed by atoms with Crippen molar-refractivity contribution in [2.75, 3.05) is 5.32 Å². The van der Waals surface area contributed by atoms with Crippen LogP contribution < -0.4 is 10.9 Å². The van der Waals surface area contributed by atoms with Gasteiger partial charge in [0.1, 0.15) is 11.1 Å². The number of fused-ring (bicyclic) bond motifs is 1. The maximum absolute atomic E-state index is 12.2. The van der Waals surface area contributed by atoms with E-state index in [9.17, 15) is 9.59 Å². The average molecular weight is 334 g/mol. The zero-order valence-corrected chi connectivity index (χ0v) is 12.6. The van der Waals surface area contributed by atoms with Crippen LogP contribution in [0.1, 0.15) is 10.4 Å². The minimum atomic E-state index is -0.707. The summed E-state index contributed by atoms with van der Waals surface area (Å²) < 4.78 is 5.13. The molecule has 0 spiro atoms. The van der Waals surface area contributed by atoms with Gasteiger partial charge >= 0.3 is 5.63 Å². The zero-order chi connectivity index (χ0) is 15.7. The van der Waals surface area contributed by atoms with Crippen molar-refractivity contribution in [3.05, 3.63) is 74.6 Å². The van der Waals surface area contributed by atoms with Gasteiger partial charge in [0.15, 0.2) is 0 Å². The molecule has 0 saturated carbocycles. The van der Waals surface area contributed by atoms with Crippen molar-refractivity contribution in [1.82, 2.24) is 0 Å². The molecule has 1 aromatic heterocycles. The summed E-state index contributed by atoms with van der Waals surface area (Å²) in [4.78, 5) is 24.1. The molecule has 0 aliphatic heterocycles. The second kappa shape index (κ2) is 5.83. The summed E-state index contributed by atoms with van der Waals surface area (Å²) in [7, 11) is 0. The highest BCUT2D eigenvalue weighted by Crippen LogP contribution is 2.19. The van der Waals surface area contributed by atoms with E-state index < -0.39 is 11.5 Å². The van der Waals surface area contributed by atoms with Crippen molar-refractivity contribution >= 4 is 45.8 Å². The minimum absolute atomic E-state index is 0.0929. The van der Waals surface area contributed by atoms with Crippen LogP contribution in [0.3, 0.4) is 0 Å². The van der Waals surface area contributed by atoms with Crippen LogP contribution in [-0.4, -0.2) is 5.91 Å². The molecular weight excluding hydrogens is 325 g/mol. The zero-order valence-electron chi connectivity index (χ0n) is 11.1. The number of rotatable bonds is 2. The van der Waals surface area contributed by atoms with Crippen LogP contribution in [0.15, 0.2) is 57.7 Å². The summed E-state index contributed by atoms with van der Waals surface area (Å²) in [6.45, 7) is 0. The molecule has 110 valence electrons. The van der Waals surface area contributed by atoms with Crippen LogP contribution in [0.2, 0.25) is 10.0 Å². The predicted octanol–water partition coefficient (Wildman–Crippen LogP) is 4.35. The lowest BCUT2D eigenvalue weighted by Gasteiger charge is -2.05. The van der Waals surface area contributed by atoms with Gasteiger partial charge in [0.2, 0.25) is 0 Å². The first-order valence-corrected chi connectivity index (χ1v) is 7.09. The van der Waals surface area contributed by atoms with Gasteiger partial charge in [-0.15, -0.1) is 0 Å². The Labute approximate surface area is 135 Å². The Kier molecular flexibility index (Phi) is 3.88. The fraction of sp³-hybridized carbons (Fsp3) is 0. The lowest BCUT2D eigenvalue weighted by Crippen LogP contribution is -2.20. The quantitative estimate of drug-likeness (QED) is 0.709. The third kappa shape index (κ3) is 2.98. The van der Waals surface area contributed by atoms with E-state index in [1.807, 2.05) is 0 Å². The summed E-state index contributed by atoms with van der Waals surface area (Å²) in [5, 5.41) is 4.24. The number of hydrogen-bond acceptors (Lipinski definition) is 3. The number of hydrogen-bond donors (Lipinski definition) is 1. The Balaban J connectivity index is 1.98. The number of anilines is 1. The molecule has 1 N–H and O–H groups in total. The molecule has 0 atom stereocenters. The topological polar surface area (TPSA) is 59.3 Å². The van der Waals surface area contributed by atoms with E-state index in [2.05, 4.69) is 5.32 Å². The van der Waals surface area contributed by atoms with Gasteiger partial charge in [0, 0.05) is 21.1 Å². The largest absolute Gasteiger partial charge is 0.422 e. The number of nitrogens with one attached hydrogen (secondary N) is 1. The summed E-state index contributed by atoms with van der Waals surface area (Å²) >= 11 is 11.7. The van der Waals surface area contributed by atoms with Crippen LogP contribution in [0.4, 0.5) is 5.69 Å². The lowest BCUT2D eigenvalue weighted by atomic mass is 10.1. The van der Waals surface area contributed by atoms with E-state index >= 15 is 0 Å². The number of amides is 1. The van der Waals surface area contributed by atoms with E-state index in [1.165, 1.54) is 6.07 Å². The Bertz CT molecular complexity index is 917. The Morgan fingerprint density at radius 3 is 2.36 bits per heavy atom. The molecule has 0 radical (unpaired) electrons. The van der Waals surface area contributed by atoms with Crippen molar-refractivity contribution in [2.24, 2.45) is 0 Å². The van der Waals surface area contributed by atoms with Gasteiger partial charge in [0.25, 0.3) is 5.91 Å². The fourth-order valence-corrected chi connectivity index (χ4v) is 2.29. The molecule has 0 unspecified atom stereocenters.